The predicted octanol–water partition coefficient (Wildman–Crippen LogP) is 2.99. The summed E-state index contributed by atoms with van der Waals surface area (Å²) in [5, 5.41) is 11.6. The molecule has 0 radical (unpaired) electrons. The lowest BCUT2D eigenvalue weighted by Crippen LogP contribution is -2.05. The zero-order valence-electron chi connectivity index (χ0n) is 10.5. The molecule has 1 unspecified atom stereocenters. The molecule has 5 heteroatoms. The highest BCUT2D eigenvalue weighted by molar-refractivity contribution is 7.99. The van der Waals surface area contributed by atoms with Crippen LogP contribution in [0.3, 0.4) is 0 Å². The van der Waals surface area contributed by atoms with Gasteiger partial charge in [0.15, 0.2) is 0 Å². The second kappa shape index (κ2) is 7.06. The van der Waals surface area contributed by atoms with Crippen LogP contribution in [0, 0.1) is 0 Å². The van der Waals surface area contributed by atoms with E-state index in [0.29, 0.717) is 6.42 Å². The van der Waals surface area contributed by atoms with Gasteiger partial charge < -0.3 is 10.4 Å². The first-order valence-electron chi connectivity index (χ1n) is 5.73. The molecular weight excluding hydrogens is 250 g/mol. The van der Waals surface area contributed by atoms with Crippen molar-refractivity contribution in [3.05, 3.63) is 24.3 Å². The van der Waals surface area contributed by atoms with Gasteiger partial charge in [-0.2, -0.15) is 0 Å². The van der Waals surface area contributed by atoms with E-state index in [2.05, 4.69) is 5.32 Å². The molecule has 1 amide bonds. The summed E-state index contributed by atoms with van der Waals surface area (Å²) < 4.78 is 0. The number of anilines is 1. The van der Waals surface area contributed by atoms with Gasteiger partial charge in [0.1, 0.15) is 0 Å². The van der Waals surface area contributed by atoms with Crippen molar-refractivity contribution < 1.29 is 14.7 Å². The highest BCUT2D eigenvalue weighted by Crippen LogP contribution is 2.27. The Hall–Kier alpha value is -1.49. The first kappa shape index (κ1) is 14.6. The van der Waals surface area contributed by atoms with E-state index in [9.17, 15) is 9.59 Å². The minimum Gasteiger partial charge on any atom is -0.481 e. The lowest BCUT2D eigenvalue weighted by atomic mass is 10.2. The van der Waals surface area contributed by atoms with Crippen molar-refractivity contribution in [1.82, 2.24) is 0 Å². The zero-order chi connectivity index (χ0) is 13.5. The number of carboxylic acid groups (broad SMARTS) is 1. The van der Waals surface area contributed by atoms with Gasteiger partial charge in [-0.1, -0.05) is 6.92 Å². The number of nitrogens with one attached hydrogen (secondary N) is 1. The van der Waals surface area contributed by atoms with Crippen LogP contribution in [-0.4, -0.2) is 22.2 Å². The molecule has 0 aromatic heterocycles. The number of thioether (sulfide) groups is 1. The number of hydrogen-bond acceptors (Lipinski definition) is 3. The lowest BCUT2D eigenvalue weighted by molar-refractivity contribution is -0.137. The number of rotatable bonds is 6. The van der Waals surface area contributed by atoms with Gasteiger partial charge in [0, 0.05) is 29.2 Å². The SMILES string of the molecule is CC(=O)Nc1ccc(SC(C)CCC(=O)O)cc1. The smallest absolute Gasteiger partial charge is 0.303 e. The number of aliphatic carboxylic acids is 1. The van der Waals surface area contributed by atoms with E-state index < -0.39 is 5.97 Å². The average molecular weight is 267 g/mol. The maximum absolute atomic E-state index is 10.9. The average Bonchev–Trinajstić information content (AvgIpc) is 2.28. The largest absolute Gasteiger partial charge is 0.481 e. The number of hydrogen-bond donors (Lipinski definition) is 2. The predicted molar refractivity (Wildman–Crippen MR) is 72.9 cm³/mol. The van der Waals surface area contributed by atoms with Gasteiger partial charge in [-0.25, -0.2) is 0 Å². The Morgan fingerprint density at radius 2 is 1.94 bits per heavy atom. The number of carboxylic acids is 1. The van der Waals surface area contributed by atoms with E-state index in [0.717, 1.165) is 10.6 Å². The summed E-state index contributed by atoms with van der Waals surface area (Å²) in [4.78, 5) is 22.4. The molecule has 1 aromatic carbocycles. The first-order valence-corrected chi connectivity index (χ1v) is 6.61. The van der Waals surface area contributed by atoms with Gasteiger partial charge in [-0.3, -0.25) is 9.59 Å². The first-order chi connectivity index (χ1) is 8.47. The van der Waals surface area contributed by atoms with Crippen LogP contribution in [0.5, 0.6) is 0 Å². The summed E-state index contributed by atoms with van der Waals surface area (Å²) in [7, 11) is 0. The molecule has 0 bridgehead atoms. The van der Waals surface area contributed by atoms with E-state index in [4.69, 9.17) is 5.11 Å². The Kier molecular flexibility index (Phi) is 5.71. The minimum absolute atomic E-state index is 0.0924. The molecule has 1 atom stereocenters. The minimum atomic E-state index is -0.761. The van der Waals surface area contributed by atoms with Crippen LogP contribution >= 0.6 is 11.8 Å². The monoisotopic (exact) mass is 267 g/mol. The molecule has 0 aliphatic heterocycles. The summed E-state index contributed by atoms with van der Waals surface area (Å²) >= 11 is 1.64. The molecule has 2 N–H and O–H groups in total. The second-order valence-electron chi connectivity index (χ2n) is 4.07. The lowest BCUT2D eigenvalue weighted by Gasteiger charge is -2.10. The Morgan fingerprint density at radius 3 is 2.44 bits per heavy atom. The van der Waals surface area contributed by atoms with Crippen molar-refractivity contribution in [2.75, 3.05) is 5.32 Å². The fraction of sp³-hybridized carbons (Fsp3) is 0.385. The van der Waals surface area contributed by atoms with Crippen molar-refractivity contribution >= 4 is 29.3 Å². The van der Waals surface area contributed by atoms with Crippen LogP contribution < -0.4 is 5.32 Å². The Bertz CT molecular complexity index is 417. The van der Waals surface area contributed by atoms with E-state index in [1.54, 1.807) is 11.8 Å². The van der Waals surface area contributed by atoms with Crippen LogP contribution in [0.15, 0.2) is 29.2 Å². The van der Waals surface area contributed by atoms with Crippen LogP contribution in [-0.2, 0) is 9.59 Å². The summed E-state index contributed by atoms with van der Waals surface area (Å²) in [5.74, 6) is -0.853. The molecule has 0 saturated heterocycles. The third-order valence-corrected chi connectivity index (χ3v) is 3.46. The molecule has 1 rings (SSSR count). The van der Waals surface area contributed by atoms with Crippen LogP contribution in [0.2, 0.25) is 0 Å². The molecule has 0 heterocycles. The molecular formula is C13H17NO3S. The van der Waals surface area contributed by atoms with Crippen molar-refractivity contribution in [3.63, 3.8) is 0 Å². The normalized spacial score (nSPS) is 11.9. The van der Waals surface area contributed by atoms with Gasteiger partial charge in [-0.05, 0) is 30.7 Å². The van der Waals surface area contributed by atoms with E-state index >= 15 is 0 Å². The van der Waals surface area contributed by atoms with E-state index in [1.165, 1.54) is 6.92 Å². The maximum Gasteiger partial charge on any atom is 0.303 e. The fourth-order valence-corrected chi connectivity index (χ4v) is 2.43. The third-order valence-electron chi connectivity index (χ3n) is 2.28. The summed E-state index contributed by atoms with van der Waals surface area (Å²) in [6, 6.07) is 7.53. The molecule has 0 aliphatic carbocycles. The molecule has 4 nitrogen and oxygen atoms in total. The van der Waals surface area contributed by atoms with E-state index in [-0.39, 0.29) is 17.6 Å². The number of carbonyl (C=O) groups is 2. The topological polar surface area (TPSA) is 66.4 Å². The molecule has 0 aliphatic rings. The van der Waals surface area contributed by atoms with Crippen molar-refractivity contribution in [2.24, 2.45) is 0 Å². The quantitative estimate of drug-likeness (QED) is 0.778. The molecule has 0 fully saturated rings. The van der Waals surface area contributed by atoms with Gasteiger partial charge in [0.2, 0.25) is 5.91 Å². The number of carbonyl (C=O) groups excluding carboxylic acids is 1. The zero-order valence-corrected chi connectivity index (χ0v) is 11.3. The summed E-state index contributed by atoms with van der Waals surface area (Å²) in [5.41, 5.74) is 0.769. The summed E-state index contributed by atoms with van der Waals surface area (Å²) in [6.07, 6.45) is 0.839. The van der Waals surface area contributed by atoms with Crippen molar-refractivity contribution in [1.29, 1.82) is 0 Å². The van der Waals surface area contributed by atoms with Gasteiger partial charge in [-0.15, -0.1) is 11.8 Å². The Labute approximate surface area is 111 Å². The van der Waals surface area contributed by atoms with Gasteiger partial charge >= 0.3 is 5.97 Å². The fourth-order valence-electron chi connectivity index (χ4n) is 1.44. The molecule has 0 spiro atoms. The molecule has 18 heavy (non-hydrogen) atoms. The Balaban J connectivity index is 2.47. The highest BCUT2D eigenvalue weighted by Gasteiger charge is 2.07. The Morgan fingerprint density at radius 1 is 1.33 bits per heavy atom. The maximum atomic E-state index is 10.9. The van der Waals surface area contributed by atoms with Gasteiger partial charge in [0.25, 0.3) is 0 Å². The molecule has 0 saturated carbocycles. The van der Waals surface area contributed by atoms with Crippen molar-refractivity contribution in [2.45, 2.75) is 36.8 Å². The third kappa shape index (κ3) is 5.72. The van der Waals surface area contributed by atoms with Crippen LogP contribution in [0.4, 0.5) is 5.69 Å². The van der Waals surface area contributed by atoms with E-state index in [1.807, 2.05) is 31.2 Å². The van der Waals surface area contributed by atoms with Crippen LogP contribution in [0.1, 0.15) is 26.7 Å². The second-order valence-corrected chi connectivity index (χ2v) is 5.58. The molecule has 98 valence electrons. The van der Waals surface area contributed by atoms with Crippen LogP contribution in [0.25, 0.3) is 0 Å². The molecule has 1 aromatic rings. The van der Waals surface area contributed by atoms with Gasteiger partial charge in [0.05, 0.1) is 0 Å². The van der Waals surface area contributed by atoms with Crippen molar-refractivity contribution in [3.8, 4) is 0 Å². The number of amides is 1. The summed E-state index contributed by atoms with van der Waals surface area (Å²) in [6.45, 7) is 3.48. The highest BCUT2D eigenvalue weighted by atomic mass is 32.2. The number of benzene rings is 1. The standard InChI is InChI=1S/C13H17NO3S/c1-9(3-8-13(16)17)18-12-6-4-11(5-7-12)14-10(2)15/h4-7,9H,3,8H2,1-2H3,(H,14,15)(H,16,17).